The zero-order valence-electron chi connectivity index (χ0n) is 57.1. The molecule has 2 heterocycles. The highest BCUT2D eigenvalue weighted by atomic mass is 32.2. The van der Waals surface area contributed by atoms with Crippen LogP contribution >= 0.6 is 0 Å². The molecular formula is C71H102O22S. The minimum Gasteiger partial charge on any atom is -0.492 e. The van der Waals surface area contributed by atoms with Gasteiger partial charge >= 0.3 is 23.9 Å². The molecule has 0 saturated heterocycles. The van der Waals surface area contributed by atoms with E-state index in [4.69, 9.17) is 70.5 Å². The quantitative estimate of drug-likeness (QED) is 0.0108. The molecule has 6 rings (SSSR count). The van der Waals surface area contributed by atoms with E-state index in [0.717, 1.165) is 59.3 Å². The van der Waals surface area contributed by atoms with Gasteiger partial charge in [0, 0.05) is 69.8 Å². The van der Waals surface area contributed by atoms with Crippen LogP contribution in [0.2, 0.25) is 0 Å². The Morgan fingerprint density at radius 1 is 0.479 bits per heavy atom. The number of ether oxygens (including phenoxy) is 14. The molecular weight excluding hydrogens is 1240 g/mol. The molecule has 0 amide bonds. The monoisotopic (exact) mass is 1340 g/mol. The van der Waals surface area contributed by atoms with Crippen molar-refractivity contribution in [2.45, 2.75) is 154 Å². The summed E-state index contributed by atoms with van der Waals surface area (Å²) in [5, 5.41) is 9.37. The van der Waals surface area contributed by atoms with Crippen LogP contribution in [0.1, 0.15) is 166 Å². The lowest BCUT2D eigenvalue weighted by Crippen LogP contribution is -2.42. The zero-order chi connectivity index (χ0) is 68.6. The van der Waals surface area contributed by atoms with Gasteiger partial charge in [-0.3, -0.25) is 23.4 Å². The molecule has 4 aromatic rings. The van der Waals surface area contributed by atoms with Crippen molar-refractivity contribution in [2.24, 2.45) is 10.8 Å². The Kier molecular flexibility index (Phi) is 32.6. The maximum atomic E-state index is 13.4. The number of fused-ring (bicyclic) bond motifs is 2. The molecule has 0 radical (unpaired) electrons. The van der Waals surface area contributed by atoms with Gasteiger partial charge in [0.1, 0.15) is 34.5 Å². The van der Waals surface area contributed by atoms with Gasteiger partial charge in [-0.2, -0.15) is 8.42 Å². The molecule has 22 nitrogen and oxygen atoms in total. The molecule has 94 heavy (non-hydrogen) atoms. The molecule has 4 atom stereocenters. The molecule has 0 aliphatic carbocycles. The van der Waals surface area contributed by atoms with Gasteiger partial charge in [0.2, 0.25) is 0 Å². The van der Waals surface area contributed by atoms with Crippen LogP contribution in [0.3, 0.4) is 0 Å². The average molecular weight is 1340 g/mol. The summed E-state index contributed by atoms with van der Waals surface area (Å²) in [6.07, 6.45) is 7.75. The van der Waals surface area contributed by atoms with Crippen LogP contribution in [0.15, 0.2) is 84.9 Å². The predicted octanol–water partition coefficient (Wildman–Crippen LogP) is 11.8. The lowest BCUT2D eigenvalue weighted by Gasteiger charge is -2.43. The highest BCUT2D eigenvalue weighted by Crippen LogP contribution is 2.52. The van der Waals surface area contributed by atoms with Crippen molar-refractivity contribution in [3.05, 3.63) is 107 Å². The van der Waals surface area contributed by atoms with Crippen LogP contribution in [-0.4, -0.2) is 152 Å². The normalized spacial score (nSPS) is 17.5. The van der Waals surface area contributed by atoms with Gasteiger partial charge in [0.05, 0.1) is 52.5 Å². The number of hydrogen-bond acceptors (Lipinski definition) is 22. The third kappa shape index (κ3) is 21.6. The molecule has 2 aliphatic heterocycles. The Labute approximate surface area is 556 Å². The van der Waals surface area contributed by atoms with Crippen LogP contribution in [0.4, 0.5) is 0 Å². The van der Waals surface area contributed by atoms with Crippen LogP contribution in [-0.2, 0) is 82.2 Å². The van der Waals surface area contributed by atoms with E-state index < -0.39 is 50.2 Å². The average Bonchev–Trinajstić information content (AvgIpc) is 0.761. The summed E-state index contributed by atoms with van der Waals surface area (Å²) in [7, 11) is 2.70. The largest absolute Gasteiger partial charge is 0.492 e. The number of carbonyl (C=O) groups excluding carboxylic acids is 4. The molecule has 4 aromatic carbocycles. The van der Waals surface area contributed by atoms with E-state index in [0.29, 0.717) is 87.6 Å². The third-order valence-electron chi connectivity index (χ3n) is 17.4. The maximum Gasteiger partial charge on any atom is 0.323 e. The number of aliphatic hydroxyl groups excluding tert-OH is 1. The summed E-state index contributed by atoms with van der Waals surface area (Å²) in [6, 6.07) is 27.6. The van der Waals surface area contributed by atoms with E-state index in [1.54, 1.807) is 56.1 Å². The lowest BCUT2D eigenvalue weighted by molar-refractivity contribution is -0.175. The number of aliphatic hydroxyl groups is 1. The fraction of sp³-hybridized carbons (Fsp3) is 0.606. The number of rotatable bonds is 42. The van der Waals surface area contributed by atoms with Crippen LogP contribution in [0.5, 0.6) is 34.5 Å². The van der Waals surface area contributed by atoms with E-state index in [2.05, 4.69) is 32.0 Å². The molecule has 0 saturated carbocycles. The van der Waals surface area contributed by atoms with E-state index in [1.807, 2.05) is 66.7 Å². The fourth-order valence-corrected chi connectivity index (χ4v) is 12.8. The van der Waals surface area contributed by atoms with Crippen LogP contribution in [0.25, 0.3) is 0 Å². The molecule has 0 bridgehead atoms. The maximum absolute atomic E-state index is 13.4. The zero-order valence-corrected chi connectivity index (χ0v) is 57.9. The van der Waals surface area contributed by atoms with Crippen molar-refractivity contribution in [2.75, 3.05) is 115 Å². The van der Waals surface area contributed by atoms with Gasteiger partial charge in [-0.05, 0) is 151 Å². The molecule has 1 N–H and O–H groups in total. The topological polar surface area (TPSA) is 261 Å². The van der Waals surface area contributed by atoms with Gasteiger partial charge < -0.3 is 71.4 Å². The van der Waals surface area contributed by atoms with E-state index in [9.17, 15) is 32.7 Å². The Morgan fingerprint density at radius 3 is 1.12 bits per heavy atom. The molecule has 0 spiro atoms. The highest BCUT2D eigenvalue weighted by molar-refractivity contribution is 7.85. The van der Waals surface area contributed by atoms with E-state index in [1.165, 1.54) is 0 Å². The summed E-state index contributed by atoms with van der Waals surface area (Å²) in [6.45, 7) is 13.2. The Bertz CT molecular complexity index is 3010. The first-order valence-electron chi connectivity index (χ1n) is 32.6. The van der Waals surface area contributed by atoms with Gasteiger partial charge in [-0.25, -0.2) is 0 Å². The SMILES string of the molecule is CCOC(=O)C(CCCCO)(CCCC[C@@H]1c2ccc(OCOC)cc2OC[C@]1(C)c1ccc(OCOC)cc1)C(=O)OCC.CCOC(=O)C(CCCCOS(C)(=O)=O)(CCCC[C@@H]1c2ccc(OCOC)cc2OC[C@]1(C)c1ccc(OCOC)cc1)C(=O)OCC. The molecule has 23 heteroatoms. The summed E-state index contributed by atoms with van der Waals surface area (Å²) in [5.74, 6) is 1.94. The second kappa shape index (κ2) is 39.3. The first kappa shape index (κ1) is 78.0. The number of esters is 4. The van der Waals surface area contributed by atoms with Crippen LogP contribution in [0, 0.1) is 10.8 Å². The molecule has 0 fully saturated rings. The smallest absolute Gasteiger partial charge is 0.323 e. The number of benzene rings is 4. The molecule has 0 aromatic heterocycles. The van der Waals surface area contributed by atoms with Gasteiger partial charge in [-0.1, -0.05) is 75.9 Å². The number of unbranched alkanes of at least 4 members (excludes halogenated alkanes) is 4. The van der Waals surface area contributed by atoms with Crippen molar-refractivity contribution in [3.63, 3.8) is 0 Å². The highest BCUT2D eigenvalue weighted by Gasteiger charge is 2.50. The van der Waals surface area contributed by atoms with E-state index in [-0.39, 0.29) is 103 Å². The van der Waals surface area contributed by atoms with Gasteiger partial charge in [-0.15, -0.1) is 0 Å². The Morgan fingerprint density at radius 2 is 0.798 bits per heavy atom. The van der Waals surface area contributed by atoms with Crippen LogP contribution < -0.4 is 28.4 Å². The first-order chi connectivity index (χ1) is 45.2. The molecule has 0 unspecified atom stereocenters. The fourth-order valence-electron chi connectivity index (χ4n) is 12.4. The van der Waals surface area contributed by atoms with Crippen molar-refractivity contribution < 1.29 is 103 Å². The lowest BCUT2D eigenvalue weighted by atomic mass is 9.66. The van der Waals surface area contributed by atoms with Crippen molar-refractivity contribution in [1.29, 1.82) is 0 Å². The number of carbonyl (C=O) groups is 4. The summed E-state index contributed by atoms with van der Waals surface area (Å²) < 4.78 is 105. The minimum absolute atomic E-state index is 0.0127. The summed E-state index contributed by atoms with van der Waals surface area (Å²) in [4.78, 5) is 53.5. The summed E-state index contributed by atoms with van der Waals surface area (Å²) in [5.41, 5.74) is 0.589. The number of methoxy groups -OCH3 is 4. The number of hydrogen-bond donors (Lipinski definition) is 1. The van der Waals surface area contributed by atoms with Gasteiger partial charge in [0.15, 0.2) is 38.0 Å². The Balaban J connectivity index is 0.000000342. The van der Waals surface area contributed by atoms with Gasteiger partial charge in [0.25, 0.3) is 10.1 Å². The second-order valence-corrected chi connectivity index (χ2v) is 25.5. The standard InChI is InChI=1S/C36H52O12S.C35H50O10/c1-7-43-33(37)36(34(38)44-8-2,21-11-12-22-48-49(6,39)40)20-10-9-13-31-30-19-18-29(47-26-42-5)23-32(30)45-24-35(31,3)27-14-16-28(17-15-27)46-25-41-4;1-6-41-32(37)35(20-10-11-21-36,33(38)42-7-2)19-9-8-12-30-29-18-17-28(45-25-40-5)22-31(29)43-23-34(30,3)26-13-15-27(16-14-26)44-24-39-4/h14-19,23,31H,7-13,20-22,24-26H2,1-6H3;13-18,22,30,36H,6-12,19-21,23-25H2,1-5H3/t31-,35-;30-,34-/m11/s1. The minimum atomic E-state index is -3.60. The van der Waals surface area contributed by atoms with Crippen molar-refractivity contribution in [3.8, 4) is 34.5 Å². The molecule has 2 aliphatic rings. The Hall–Kier alpha value is -6.73. The third-order valence-corrected chi connectivity index (χ3v) is 18.0. The van der Waals surface area contributed by atoms with E-state index >= 15 is 0 Å². The van der Waals surface area contributed by atoms with Crippen molar-refractivity contribution in [1.82, 2.24) is 0 Å². The van der Waals surface area contributed by atoms with Crippen molar-refractivity contribution >= 4 is 34.0 Å². The predicted molar refractivity (Wildman–Crippen MR) is 351 cm³/mol. The molecule has 524 valence electrons. The summed E-state index contributed by atoms with van der Waals surface area (Å²) >= 11 is 0. The second-order valence-electron chi connectivity index (χ2n) is 23.9. The first-order valence-corrected chi connectivity index (χ1v) is 34.4.